The second-order valence-electron chi connectivity index (χ2n) is 6.05. The summed E-state index contributed by atoms with van der Waals surface area (Å²) in [5.74, 6) is 1.20. The van der Waals surface area contributed by atoms with Gasteiger partial charge < -0.3 is 14.6 Å². The molecule has 1 heterocycles. The zero-order valence-corrected chi connectivity index (χ0v) is 16.5. The largest absolute Gasteiger partial charge is 0.496 e. The fourth-order valence-corrected chi connectivity index (χ4v) is 3.37. The van der Waals surface area contributed by atoms with Gasteiger partial charge in [-0.15, -0.1) is 0 Å². The molecule has 3 rings (SSSR count). The number of hydrogen-bond acceptors (Lipinski definition) is 3. The first-order valence-corrected chi connectivity index (χ1v) is 9.08. The van der Waals surface area contributed by atoms with Crippen molar-refractivity contribution in [2.24, 2.45) is 7.05 Å². The Balaban J connectivity index is 1.90. The number of rotatable bonds is 6. The third-order valence-electron chi connectivity index (χ3n) is 4.24. The van der Waals surface area contributed by atoms with Crippen molar-refractivity contribution >= 4 is 29.1 Å². The molecule has 7 heteroatoms. The molecule has 0 aliphatic heterocycles. The highest BCUT2D eigenvalue weighted by Crippen LogP contribution is 2.29. The van der Waals surface area contributed by atoms with Crippen LogP contribution in [0.4, 0.5) is 0 Å². The molecule has 0 radical (unpaired) electrons. The van der Waals surface area contributed by atoms with E-state index in [0.717, 1.165) is 5.56 Å². The van der Waals surface area contributed by atoms with E-state index in [0.29, 0.717) is 27.2 Å². The lowest BCUT2D eigenvalue weighted by Gasteiger charge is -2.21. The number of hydrogen-bond donors (Lipinski definition) is 1. The molecule has 3 aromatic rings. The maximum atomic E-state index is 12.8. The van der Waals surface area contributed by atoms with Crippen LogP contribution in [0.1, 0.15) is 23.0 Å². The maximum Gasteiger partial charge on any atom is 0.225 e. The Labute approximate surface area is 167 Å². The molecular weight excluding hydrogens is 385 g/mol. The van der Waals surface area contributed by atoms with Gasteiger partial charge in [-0.1, -0.05) is 47.5 Å². The van der Waals surface area contributed by atoms with Gasteiger partial charge in [0.15, 0.2) is 0 Å². The molecular formula is C20H19Cl2N3O2. The second kappa shape index (κ2) is 8.46. The van der Waals surface area contributed by atoms with Gasteiger partial charge in [0, 0.05) is 35.1 Å². The first-order valence-electron chi connectivity index (χ1n) is 8.33. The summed E-state index contributed by atoms with van der Waals surface area (Å²) in [4.78, 5) is 17.2. The van der Waals surface area contributed by atoms with E-state index in [-0.39, 0.29) is 12.3 Å². The number of nitrogens with one attached hydrogen (secondary N) is 1. The fraction of sp³-hybridized carbons (Fsp3) is 0.200. The lowest BCUT2D eigenvalue weighted by Crippen LogP contribution is -2.32. The topological polar surface area (TPSA) is 56.1 Å². The summed E-state index contributed by atoms with van der Waals surface area (Å²) in [6.45, 7) is 0. The number of para-hydroxylation sites is 1. The van der Waals surface area contributed by atoms with E-state index in [1.54, 1.807) is 31.5 Å². The van der Waals surface area contributed by atoms with Crippen molar-refractivity contribution in [2.45, 2.75) is 12.5 Å². The van der Waals surface area contributed by atoms with Crippen LogP contribution < -0.4 is 10.1 Å². The number of carbonyl (C=O) groups excluding carboxylic acids is 1. The smallest absolute Gasteiger partial charge is 0.225 e. The van der Waals surface area contributed by atoms with Crippen LogP contribution in [-0.4, -0.2) is 22.6 Å². The van der Waals surface area contributed by atoms with Gasteiger partial charge in [-0.05, 0) is 23.8 Å². The molecule has 0 aliphatic carbocycles. The lowest BCUT2D eigenvalue weighted by atomic mass is 10.0. The van der Waals surface area contributed by atoms with Gasteiger partial charge >= 0.3 is 0 Å². The van der Waals surface area contributed by atoms with Gasteiger partial charge in [-0.3, -0.25) is 4.79 Å². The summed E-state index contributed by atoms with van der Waals surface area (Å²) >= 11 is 12.1. The van der Waals surface area contributed by atoms with Gasteiger partial charge in [-0.25, -0.2) is 4.98 Å². The number of aryl methyl sites for hydroxylation is 1. The van der Waals surface area contributed by atoms with Gasteiger partial charge in [0.2, 0.25) is 5.91 Å². The third-order valence-corrected chi connectivity index (χ3v) is 4.82. The molecule has 2 aromatic carbocycles. The molecule has 1 atom stereocenters. The average Bonchev–Trinajstić information content (AvgIpc) is 3.08. The Morgan fingerprint density at radius 2 is 2.04 bits per heavy atom. The molecule has 140 valence electrons. The minimum atomic E-state index is -0.459. The van der Waals surface area contributed by atoms with Crippen LogP contribution in [0.3, 0.4) is 0 Å². The Kier molecular flexibility index (Phi) is 6.04. The standard InChI is InChI=1S/C20H19Cl2N3O2/c1-25-10-9-23-20(25)19(15-5-3-4-6-17(15)27-2)24-18(26)11-13-7-8-14(21)12-16(13)22/h3-10,12,19H,11H2,1-2H3,(H,24,26)/t19-/m1/s1. The van der Waals surface area contributed by atoms with Crippen molar-refractivity contribution in [1.29, 1.82) is 0 Å². The normalized spacial score (nSPS) is 11.9. The van der Waals surface area contributed by atoms with Crippen LogP contribution in [-0.2, 0) is 18.3 Å². The van der Waals surface area contributed by atoms with E-state index in [1.807, 2.05) is 42.1 Å². The molecule has 0 unspecified atom stereocenters. The second-order valence-corrected chi connectivity index (χ2v) is 6.89. The van der Waals surface area contributed by atoms with Crippen molar-refractivity contribution in [3.8, 4) is 5.75 Å². The number of imidazole rings is 1. The van der Waals surface area contributed by atoms with Crippen LogP contribution in [0.2, 0.25) is 10.0 Å². The van der Waals surface area contributed by atoms with Crippen LogP contribution in [0, 0.1) is 0 Å². The number of ether oxygens (including phenoxy) is 1. The summed E-state index contributed by atoms with van der Waals surface area (Å²) in [7, 11) is 3.48. The Hall–Kier alpha value is -2.50. The lowest BCUT2D eigenvalue weighted by molar-refractivity contribution is -0.121. The van der Waals surface area contributed by atoms with E-state index in [4.69, 9.17) is 27.9 Å². The predicted molar refractivity (Wildman–Crippen MR) is 106 cm³/mol. The number of carbonyl (C=O) groups is 1. The Bertz CT molecular complexity index is 956. The molecule has 0 saturated carbocycles. The number of benzene rings is 2. The molecule has 0 spiro atoms. The molecule has 0 fully saturated rings. The zero-order chi connectivity index (χ0) is 19.4. The van der Waals surface area contributed by atoms with Crippen LogP contribution in [0.15, 0.2) is 54.9 Å². The number of aromatic nitrogens is 2. The van der Waals surface area contributed by atoms with Gasteiger partial charge in [-0.2, -0.15) is 0 Å². The van der Waals surface area contributed by atoms with Crippen molar-refractivity contribution in [2.75, 3.05) is 7.11 Å². The predicted octanol–water partition coefficient (Wildman–Crippen LogP) is 4.18. The van der Waals surface area contributed by atoms with Gasteiger partial charge in [0.25, 0.3) is 0 Å². The van der Waals surface area contributed by atoms with E-state index < -0.39 is 6.04 Å². The minimum Gasteiger partial charge on any atom is -0.496 e. The van der Waals surface area contributed by atoms with E-state index in [2.05, 4.69) is 10.3 Å². The summed E-state index contributed by atoms with van der Waals surface area (Å²) in [6, 6.07) is 12.2. The first kappa shape index (κ1) is 19.3. The van der Waals surface area contributed by atoms with Gasteiger partial charge in [0.1, 0.15) is 17.6 Å². The van der Waals surface area contributed by atoms with Crippen molar-refractivity contribution in [1.82, 2.24) is 14.9 Å². The summed E-state index contributed by atoms with van der Waals surface area (Å²) in [5, 5.41) is 4.04. The SMILES string of the molecule is COc1ccccc1[C@@H](NC(=O)Cc1ccc(Cl)cc1Cl)c1nccn1C. The number of halogens is 2. The van der Waals surface area contributed by atoms with Crippen molar-refractivity contribution in [3.63, 3.8) is 0 Å². The first-order chi connectivity index (χ1) is 13.0. The molecule has 5 nitrogen and oxygen atoms in total. The van der Waals surface area contributed by atoms with Crippen LogP contribution >= 0.6 is 23.2 Å². The molecule has 1 amide bonds. The number of methoxy groups -OCH3 is 1. The van der Waals surface area contributed by atoms with Gasteiger partial charge in [0.05, 0.1) is 13.5 Å². The number of nitrogens with zero attached hydrogens (tertiary/aromatic N) is 2. The number of amides is 1. The Morgan fingerprint density at radius 3 is 2.70 bits per heavy atom. The van der Waals surface area contributed by atoms with E-state index in [1.165, 1.54) is 0 Å². The van der Waals surface area contributed by atoms with E-state index >= 15 is 0 Å². The highest BCUT2D eigenvalue weighted by Gasteiger charge is 2.24. The molecule has 27 heavy (non-hydrogen) atoms. The molecule has 1 aromatic heterocycles. The summed E-state index contributed by atoms with van der Waals surface area (Å²) in [6.07, 6.45) is 3.66. The summed E-state index contributed by atoms with van der Waals surface area (Å²) < 4.78 is 7.34. The molecule has 1 N–H and O–H groups in total. The minimum absolute atomic E-state index is 0.131. The van der Waals surface area contributed by atoms with Crippen molar-refractivity contribution < 1.29 is 9.53 Å². The highest BCUT2D eigenvalue weighted by atomic mass is 35.5. The van der Waals surface area contributed by atoms with Crippen molar-refractivity contribution in [3.05, 3.63) is 81.9 Å². The average molecular weight is 404 g/mol. The van der Waals surface area contributed by atoms with Crippen LogP contribution in [0.5, 0.6) is 5.75 Å². The maximum absolute atomic E-state index is 12.8. The molecule has 0 bridgehead atoms. The monoisotopic (exact) mass is 403 g/mol. The highest BCUT2D eigenvalue weighted by molar-refractivity contribution is 6.35. The third kappa shape index (κ3) is 4.43. The Morgan fingerprint density at radius 1 is 1.26 bits per heavy atom. The zero-order valence-electron chi connectivity index (χ0n) is 14.9. The summed E-state index contributed by atoms with van der Waals surface area (Å²) in [5.41, 5.74) is 1.53. The molecule has 0 saturated heterocycles. The van der Waals surface area contributed by atoms with Crippen LogP contribution in [0.25, 0.3) is 0 Å². The van der Waals surface area contributed by atoms with E-state index in [9.17, 15) is 4.79 Å². The fourth-order valence-electron chi connectivity index (χ4n) is 2.89. The quantitative estimate of drug-likeness (QED) is 0.671. The molecule has 0 aliphatic rings.